The van der Waals surface area contributed by atoms with E-state index in [9.17, 15) is 10.1 Å². The first kappa shape index (κ1) is 11.1. The van der Waals surface area contributed by atoms with Crippen LogP contribution in [0, 0.1) is 10.1 Å². The van der Waals surface area contributed by atoms with E-state index in [0.717, 1.165) is 12.2 Å². The monoisotopic (exact) mass is 236 g/mol. The zero-order valence-electron chi connectivity index (χ0n) is 9.80. The number of nitrogens with zero attached hydrogens (tertiary/aromatic N) is 2. The smallest absolute Gasteiger partial charge is 0.269 e. The molecule has 1 aliphatic rings. The highest BCUT2D eigenvalue weighted by atomic mass is 28.3. The van der Waals surface area contributed by atoms with Crippen LogP contribution >= 0.6 is 0 Å². The molecule has 0 N–H and O–H groups in total. The van der Waals surface area contributed by atoms with Crippen molar-refractivity contribution in [2.75, 3.05) is 11.4 Å². The van der Waals surface area contributed by atoms with Gasteiger partial charge in [0.05, 0.1) is 13.0 Å². The van der Waals surface area contributed by atoms with Gasteiger partial charge < -0.3 is 4.90 Å². The molecule has 1 unspecified atom stereocenters. The molecule has 4 nitrogen and oxygen atoms in total. The first-order chi connectivity index (χ1) is 7.39. The van der Waals surface area contributed by atoms with Crippen LogP contribution < -0.4 is 4.90 Å². The predicted octanol–water partition coefficient (Wildman–Crippen LogP) is 2.66. The summed E-state index contributed by atoms with van der Waals surface area (Å²) in [6, 6.07) is 6.85. The van der Waals surface area contributed by atoms with Crippen molar-refractivity contribution in [1.29, 1.82) is 0 Å². The largest absolute Gasteiger partial charge is 0.368 e. The lowest BCUT2D eigenvalue weighted by molar-refractivity contribution is -0.384. The molecular weight excluding hydrogens is 220 g/mol. The molecule has 0 bridgehead atoms. The standard InChI is InChI=1S/C11H16N2O2Si/c1-16(2,3)11-8-12(11)9-4-6-10(7-5-9)13(14)15/h4-7,11H,8H2,1-3H3. The molecule has 0 aromatic heterocycles. The van der Waals surface area contributed by atoms with Crippen molar-refractivity contribution in [3.63, 3.8) is 0 Å². The fraction of sp³-hybridized carbons (Fsp3) is 0.455. The van der Waals surface area contributed by atoms with E-state index in [-0.39, 0.29) is 10.6 Å². The summed E-state index contributed by atoms with van der Waals surface area (Å²) in [5.41, 5.74) is 1.96. The third kappa shape index (κ3) is 2.09. The Morgan fingerprint density at radius 1 is 1.31 bits per heavy atom. The van der Waals surface area contributed by atoms with Gasteiger partial charge in [-0.2, -0.15) is 0 Å². The Bertz CT molecular complexity index is 411. The van der Waals surface area contributed by atoms with Gasteiger partial charge in [0, 0.05) is 30.0 Å². The summed E-state index contributed by atoms with van der Waals surface area (Å²) in [4.78, 5) is 12.5. The fourth-order valence-corrected chi connectivity index (χ4v) is 3.76. The number of hydrogen-bond donors (Lipinski definition) is 0. The number of hydrogen-bond acceptors (Lipinski definition) is 3. The first-order valence-corrected chi connectivity index (χ1v) is 8.98. The highest BCUT2D eigenvalue weighted by Gasteiger charge is 2.44. The molecule has 1 saturated heterocycles. The van der Waals surface area contributed by atoms with Gasteiger partial charge in [0.1, 0.15) is 0 Å². The lowest BCUT2D eigenvalue weighted by Gasteiger charge is -2.16. The van der Waals surface area contributed by atoms with Crippen LogP contribution in [-0.2, 0) is 0 Å². The van der Waals surface area contributed by atoms with Crippen LogP contribution in [0.5, 0.6) is 0 Å². The van der Waals surface area contributed by atoms with Gasteiger partial charge in [0.15, 0.2) is 0 Å². The maximum absolute atomic E-state index is 10.5. The van der Waals surface area contributed by atoms with Gasteiger partial charge >= 0.3 is 0 Å². The molecule has 1 aromatic rings. The molecule has 0 amide bonds. The van der Waals surface area contributed by atoms with Gasteiger partial charge in [-0.15, -0.1) is 0 Å². The Hall–Kier alpha value is -1.36. The molecule has 0 radical (unpaired) electrons. The second-order valence-corrected chi connectivity index (χ2v) is 10.7. The van der Waals surface area contributed by atoms with Gasteiger partial charge in [0.2, 0.25) is 0 Å². The van der Waals surface area contributed by atoms with Gasteiger partial charge in [-0.3, -0.25) is 10.1 Å². The zero-order valence-corrected chi connectivity index (χ0v) is 10.8. The molecule has 0 saturated carbocycles. The molecule has 1 heterocycles. The summed E-state index contributed by atoms with van der Waals surface area (Å²) in [5.74, 6) is 0. The van der Waals surface area contributed by atoms with Crippen LogP contribution in [0.15, 0.2) is 24.3 Å². The van der Waals surface area contributed by atoms with Crippen molar-refractivity contribution < 1.29 is 4.92 Å². The third-order valence-electron chi connectivity index (χ3n) is 3.00. The quantitative estimate of drug-likeness (QED) is 0.351. The summed E-state index contributed by atoms with van der Waals surface area (Å²) in [7, 11) is -1.11. The van der Waals surface area contributed by atoms with Crippen LogP contribution in [0.3, 0.4) is 0 Å². The topological polar surface area (TPSA) is 46.1 Å². The maximum Gasteiger partial charge on any atom is 0.269 e. The van der Waals surface area contributed by atoms with Crippen LogP contribution in [0.2, 0.25) is 19.6 Å². The number of benzene rings is 1. The minimum Gasteiger partial charge on any atom is -0.368 e. The lowest BCUT2D eigenvalue weighted by atomic mass is 10.3. The molecule has 16 heavy (non-hydrogen) atoms. The molecule has 1 fully saturated rings. The number of nitro groups is 1. The van der Waals surface area contributed by atoms with Gasteiger partial charge in [-0.05, 0) is 12.1 Å². The minimum absolute atomic E-state index is 0.162. The molecule has 0 aliphatic carbocycles. The maximum atomic E-state index is 10.5. The Balaban J connectivity index is 2.11. The van der Waals surface area contributed by atoms with Crippen molar-refractivity contribution in [1.82, 2.24) is 0 Å². The molecule has 1 atom stereocenters. The third-order valence-corrected chi connectivity index (χ3v) is 5.50. The Morgan fingerprint density at radius 2 is 1.88 bits per heavy atom. The van der Waals surface area contributed by atoms with Crippen molar-refractivity contribution in [2.45, 2.75) is 25.3 Å². The Kier molecular flexibility index (Phi) is 2.50. The van der Waals surface area contributed by atoms with Gasteiger partial charge in [-0.1, -0.05) is 19.6 Å². The first-order valence-electron chi connectivity index (χ1n) is 5.41. The molecule has 1 aliphatic heterocycles. The van der Waals surface area contributed by atoms with E-state index in [0.29, 0.717) is 5.67 Å². The second-order valence-electron chi connectivity index (χ2n) is 5.31. The SMILES string of the molecule is C[Si](C)(C)C1CN1c1ccc([N+](=O)[O-])cc1. The van der Waals surface area contributed by atoms with E-state index in [1.165, 1.54) is 0 Å². The van der Waals surface area contributed by atoms with E-state index in [2.05, 4.69) is 24.5 Å². The molecule has 0 spiro atoms. The minimum atomic E-state index is -1.11. The summed E-state index contributed by atoms with van der Waals surface area (Å²) >= 11 is 0. The van der Waals surface area contributed by atoms with Crippen LogP contribution in [0.1, 0.15) is 0 Å². The zero-order chi connectivity index (χ0) is 11.9. The van der Waals surface area contributed by atoms with Gasteiger partial charge in [0.25, 0.3) is 5.69 Å². The highest BCUT2D eigenvalue weighted by Crippen LogP contribution is 2.34. The highest BCUT2D eigenvalue weighted by molar-refractivity contribution is 6.79. The second kappa shape index (κ2) is 3.59. The van der Waals surface area contributed by atoms with Crippen LogP contribution in [-0.4, -0.2) is 25.2 Å². The van der Waals surface area contributed by atoms with Crippen molar-refractivity contribution in [3.8, 4) is 0 Å². The number of rotatable bonds is 3. The van der Waals surface area contributed by atoms with E-state index in [4.69, 9.17) is 0 Å². The summed E-state index contributed by atoms with van der Waals surface area (Å²) in [6.45, 7) is 8.16. The fourth-order valence-electron chi connectivity index (χ4n) is 1.93. The number of non-ortho nitro benzene ring substituents is 1. The Morgan fingerprint density at radius 3 is 2.25 bits per heavy atom. The van der Waals surface area contributed by atoms with E-state index >= 15 is 0 Å². The van der Waals surface area contributed by atoms with Crippen LogP contribution in [0.25, 0.3) is 0 Å². The van der Waals surface area contributed by atoms with E-state index in [1.807, 2.05) is 12.1 Å². The Labute approximate surface area is 96.0 Å². The lowest BCUT2D eigenvalue weighted by Crippen LogP contribution is -2.31. The van der Waals surface area contributed by atoms with Gasteiger partial charge in [-0.25, -0.2) is 0 Å². The van der Waals surface area contributed by atoms with E-state index in [1.54, 1.807) is 12.1 Å². The normalized spacial score (nSPS) is 19.7. The molecule has 5 heteroatoms. The molecular formula is C11H16N2O2Si. The number of anilines is 1. The van der Waals surface area contributed by atoms with Crippen molar-refractivity contribution in [3.05, 3.63) is 34.4 Å². The molecule has 2 rings (SSSR count). The average Bonchev–Trinajstić information content (AvgIpc) is 2.96. The average molecular weight is 236 g/mol. The summed E-state index contributed by atoms with van der Waals surface area (Å²) < 4.78 is 0. The summed E-state index contributed by atoms with van der Waals surface area (Å²) in [6.07, 6.45) is 0. The van der Waals surface area contributed by atoms with Crippen LogP contribution in [0.4, 0.5) is 11.4 Å². The van der Waals surface area contributed by atoms with E-state index < -0.39 is 8.07 Å². The predicted molar refractivity (Wildman–Crippen MR) is 67.6 cm³/mol. The van der Waals surface area contributed by atoms with Crippen molar-refractivity contribution in [2.24, 2.45) is 0 Å². The van der Waals surface area contributed by atoms with Crippen molar-refractivity contribution >= 4 is 19.4 Å². The number of nitro benzene ring substituents is 1. The molecule has 1 aromatic carbocycles. The summed E-state index contributed by atoms with van der Waals surface area (Å²) in [5, 5.41) is 10.5. The molecule has 86 valence electrons.